The largest absolute Gasteiger partial charge is 0.461 e. The summed E-state index contributed by atoms with van der Waals surface area (Å²) in [6.45, 7) is 7.81. The standard InChI is InChI=1S/C40H40ClF5N10O2S/c1-19(2)32-39(16-55(32)38(57)56-18-49-35(52-56)33(45)46)9-7-20(3)54(15-39)36-23-11-25(41)28(22-5-6-26(43)31-27(22)24(13-47)34(48)59-31)29(44)30(23)50-37(51-36)58-17-40-8-4-10-53(40)14-21(42)12-40/h5-6,11,18-21,32-33H,4,7-10,12,14-17,48H2,1-3H3/t20-,21+,32+,39+,40-/m0/s1. The number of fused-ring (bicyclic) bond motifs is 3. The number of rotatable bonds is 7. The van der Waals surface area contributed by atoms with Gasteiger partial charge in [0.1, 0.15) is 47.3 Å². The number of nitriles is 1. The number of nitrogen functional groups attached to an aromatic ring is 1. The number of likely N-dealkylation sites (tertiary alicyclic amines) is 1. The highest BCUT2D eigenvalue weighted by molar-refractivity contribution is 7.23. The Bertz CT molecular complexity index is 2570. The molecule has 4 saturated heterocycles. The van der Waals surface area contributed by atoms with E-state index in [1.165, 1.54) is 12.1 Å². The molecule has 2 N–H and O–H groups in total. The van der Waals surface area contributed by atoms with Crippen LogP contribution in [-0.4, -0.2) is 97.1 Å². The van der Waals surface area contributed by atoms with Gasteiger partial charge in [0.25, 0.3) is 6.43 Å². The van der Waals surface area contributed by atoms with Gasteiger partial charge in [-0.3, -0.25) is 4.90 Å². The minimum Gasteiger partial charge on any atom is -0.461 e. The van der Waals surface area contributed by atoms with Crippen molar-refractivity contribution in [1.82, 2.24) is 34.5 Å². The molecular formula is C40H40ClF5N10O2S. The first-order valence-electron chi connectivity index (χ1n) is 19.5. The molecule has 0 bridgehead atoms. The number of alkyl halides is 3. The van der Waals surface area contributed by atoms with Crippen LogP contribution in [0.1, 0.15) is 70.7 Å². The first-order valence-corrected chi connectivity index (χ1v) is 20.7. The van der Waals surface area contributed by atoms with Gasteiger partial charge in [0.2, 0.25) is 5.82 Å². The molecule has 4 fully saturated rings. The van der Waals surface area contributed by atoms with E-state index in [0.717, 1.165) is 48.2 Å². The van der Waals surface area contributed by atoms with Crippen molar-refractivity contribution in [2.75, 3.05) is 43.4 Å². The predicted molar refractivity (Wildman–Crippen MR) is 213 cm³/mol. The minimum atomic E-state index is -2.93. The predicted octanol–water partition coefficient (Wildman–Crippen LogP) is 8.36. The van der Waals surface area contributed by atoms with E-state index in [0.29, 0.717) is 38.3 Å². The molecule has 4 aliphatic heterocycles. The van der Waals surface area contributed by atoms with Gasteiger partial charge in [-0.1, -0.05) is 31.5 Å². The lowest BCUT2D eigenvalue weighted by molar-refractivity contribution is -0.0774. The fourth-order valence-electron chi connectivity index (χ4n) is 10.3. The molecule has 19 heteroatoms. The lowest BCUT2D eigenvalue weighted by Gasteiger charge is -2.63. The second kappa shape index (κ2) is 14.4. The maximum Gasteiger partial charge on any atom is 0.346 e. The minimum absolute atomic E-state index is 0.00372. The molecule has 59 heavy (non-hydrogen) atoms. The summed E-state index contributed by atoms with van der Waals surface area (Å²) in [5.74, 6) is -1.91. The molecule has 9 rings (SSSR count). The third kappa shape index (κ3) is 6.25. The maximum atomic E-state index is 17.5. The summed E-state index contributed by atoms with van der Waals surface area (Å²) in [6, 6.07) is 4.98. The van der Waals surface area contributed by atoms with E-state index >= 15 is 8.78 Å². The average molecular weight is 855 g/mol. The maximum absolute atomic E-state index is 17.5. The molecule has 7 heterocycles. The van der Waals surface area contributed by atoms with Crippen molar-refractivity contribution in [3.63, 3.8) is 0 Å². The van der Waals surface area contributed by atoms with E-state index in [-0.39, 0.29) is 78.3 Å². The zero-order valence-corrected chi connectivity index (χ0v) is 33.9. The van der Waals surface area contributed by atoms with Crippen molar-refractivity contribution in [3.8, 4) is 23.2 Å². The molecule has 2 aromatic carbocycles. The molecule has 1 amide bonds. The molecule has 3 aromatic heterocycles. The summed E-state index contributed by atoms with van der Waals surface area (Å²) in [5, 5.41) is 14.2. The Hall–Kier alpha value is -4.86. The molecule has 0 aliphatic carbocycles. The van der Waals surface area contributed by atoms with Crippen molar-refractivity contribution >= 4 is 60.8 Å². The van der Waals surface area contributed by atoms with Crippen molar-refractivity contribution in [3.05, 3.63) is 52.6 Å². The van der Waals surface area contributed by atoms with Gasteiger partial charge in [0.15, 0.2) is 5.82 Å². The Balaban J connectivity index is 1.15. The Morgan fingerprint density at radius 2 is 2.00 bits per heavy atom. The highest BCUT2D eigenvalue weighted by Gasteiger charge is 2.58. The Kier molecular flexibility index (Phi) is 9.67. The van der Waals surface area contributed by atoms with Crippen LogP contribution in [0.15, 0.2) is 24.5 Å². The summed E-state index contributed by atoms with van der Waals surface area (Å²) < 4.78 is 81.2. The summed E-state index contributed by atoms with van der Waals surface area (Å²) in [4.78, 5) is 32.6. The number of aromatic nitrogens is 5. The Labute approximate surface area is 344 Å². The average Bonchev–Trinajstić information content (AvgIpc) is 3.96. The zero-order chi connectivity index (χ0) is 41.7. The molecule has 0 unspecified atom stereocenters. The SMILES string of the molecule is CC(C)[C@H]1N(C(=O)n2cnc(C(F)F)n2)C[C@]12CC[C@H](C)N(c1nc(OC[C@@]34CCCN3C[C@H](F)C4)nc3c(F)c(-c4ccc(F)c5sc(N)c(C#N)c45)c(Cl)cc13)C2. The summed E-state index contributed by atoms with van der Waals surface area (Å²) in [6.07, 6.45) is 0.369. The fourth-order valence-corrected chi connectivity index (χ4v) is 11.6. The van der Waals surface area contributed by atoms with Crippen molar-refractivity contribution < 1.29 is 31.5 Å². The number of benzene rings is 2. The molecule has 1 spiro atoms. The van der Waals surface area contributed by atoms with Gasteiger partial charge < -0.3 is 20.3 Å². The van der Waals surface area contributed by atoms with Gasteiger partial charge in [-0.15, -0.1) is 16.4 Å². The van der Waals surface area contributed by atoms with Crippen LogP contribution in [0.3, 0.4) is 0 Å². The van der Waals surface area contributed by atoms with Crippen molar-refractivity contribution in [2.24, 2.45) is 11.3 Å². The van der Waals surface area contributed by atoms with Crippen LogP contribution >= 0.6 is 22.9 Å². The summed E-state index contributed by atoms with van der Waals surface area (Å²) >= 11 is 7.88. The van der Waals surface area contributed by atoms with Gasteiger partial charge in [0.05, 0.1) is 20.8 Å². The van der Waals surface area contributed by atoms with E-state index in [1.54, 1.807) is 11.0 Å². The second-order valence-corrected chi connectivity index (χ2v) is 18.2. The Morgan fingerprint density at radius 1 is 1.20 bits per heavy atom. The monoisotopic (exact) mass is 854 g/mol. The van der Waals surface area contributed by atoms with Crippen LogP contribution < -0.4 is 15.4 Å². The second-order valence-electron chi connectivity index (χ2n) is 16.7. The number of anilines is 2. The van der Waals surface area contributed by atoms with Gasteiger partial charge in [-0.05, 0) is 62.8 Å². The number of ether oxygens (including phenoxy) is 1. The van der Waals surface area contributed by atoms with Crippen LogP contribution in [0, 0.1) is 34.3 Å². The third-order valence-corrected chi connectivity index (χ3v) is 14.2. The number of carbonyl (C=O) groups is 1. The fraction of sp³-hybridized carbons (Fsp3) is 0.500. The number of nitrogens with zero attached hydrogens (tertiary/aromatic N) is 9. The quantitative estimate of drug-likeness (QED) is 0.159. The number of nitrogens with two attached hydrogens (primary N) is 1. The molecule has 0 saturated carbocycles. The molecule has 12 nitrogen and oxygen atoms in total. The van der Waals surface area contributed by atoms with Crippen molar-refractivity contribution in [1.29, 1.82) is 5.26 Å². The third-order valence-electron chi connectivity index (χ3n) is 12.8. The van der Waals surface area contributed by atoms with Gasteiger partial charge in [0, 0.05) is 59.9 Å². The summed E-state index contributed by atoms with van der Waals surface area (Å²) in [5.41, 5.74) is 5.03. The number of thiophene rings is 1. The lowest BCUT2D eigenvalue weighted by Crippen LogP contribution is -2.73. The number of halogens is 6. The van der Waals surface area contributed by atoms with E-state index in [4.69, 9.17) is 27.1 Å². The van der Waals surface area contributed by atoms with Crippen molar-refractivity contribution in [2.45, 2.75) is 83.1 Å². The smallest absolute Gasteiger partial charge is 0.346 e. The van der Waals surface area contributed by atoms with Gasteiger partial charge in [-0.25, -0.2) is 31.7 Å². The normalized spacial score (nSPS) is 25.8. The number of piperidine rings is 1. The molecular weight excluding hydrogens is 815 g/mol. The Morgan fingerprint density at radius 3 is 2.73 bits per heavy atom. The van der Waals surface area contributed by atoms with Crippen LogP contribution in [0.2, 0.25) is 5.02 Å². The van der Waals surface area contributed by atoms with Gasteiger partial charge >= 0.3 is 12.0 Å². The van der Waals surface area contributed by atoms with E-state index in [2.05, 4.69) is 20.0 Å². The molecule has 310 valence electrons. The summed E-state index contributed by atoms with van der Waals surface area (Å²) in [7, 11) is 0. The van der Waals surface area contributed by atoms with E-state index in [1.807, 2.05) is 31.7 Å². The van der Waals surface area contributed by atoms with E-state index < -0.39 is 47.0 Å². The van der Waals surface area contributed by atoms with Crippen LogP contribution in [-0.2, 0) is 0 Å². The number of carbonyl (C=O) groups excluding carboxylic acids is 1. The van der Waals surface area contributed by atoms with E-state index in [9.17, 15) is 23.2 Å². The first-order chi connectivity index (χ1) is 28.1. The highest BCUT2D eigenvalue weighted by Crippen LogP contribution is 2.52. The number of hydrogen-bond donors (Lipinski definition) is 1. The molecule has 5 atom stereocenters. The topological polar surface area (TPSA) is 142 Å². The number of hydrogen-bond acceptors (Lipinski definition) is 11. The first kappa shape index (κ1) is 39.6. The van der Waals surface area contributed by atoms with Crippen LogP contribution in [0.25, 0.3) is 32.1 Å². The van der Waals surface area contributed by atoms with Crippen LogP contribution in [0.5, 0.6) is 6.01 Å². The lowest BCUT2D eigenvalue weighted by atomic mass is 9.62. The molecule has 4 aliphatic rings. The van der Waals surface area contributed by atoms with Crippen LogP contribution in [0.4, 0.5) is 37.6 Å². The molecule has 0 radical (unpaired) electrons. The highest BCUT2D eigenvalue weighted by atomic mass is 35.5. The number of amides is 1. The van der Waals surface area contributed by atoms with Gasteiger partial charge in [-0.2, -0.15) is 19.9 Å². The zero-order valence-electron chi connectivity index (χ0n) is 32.4. The molecule has 5 aromatic rings.